The number of rotatable bonds is 5. The van der Waals surface area contributed by atoms with Crippen molar-refractivity contribution in [3.63, 3.8) is 0 Å². The zero-order valence-electron chi connectivity index (χ0n) is 11.5. The van der Waals surface area contributed by atoms with E-state index in [0.29, 0.717) is 11.8 Å². The monoisotopic (exact) mass is 292 g/mol. The SMILES string of the molecule is OCCn1ccnc1-c1ccc(SC2CCCCC2)o1. The van der Waals surface area contributed by atoms with Gasteiger partial charge < -0.3 is 14.1 Å². The quantitative estimate of drug-likeness (QED) is 0.915. The van der Waals surface area contributed by atoms with Crippen LogP contribution in [0.4, 0.5) is 0 Å². The standard InChI is InChI=1S/C15H20N2O2S/c18-11-10-17-9-8-16-15(17)13-6-7-14(19-13)20-12-4-2-1-3-5-12/h6-9,12,18H,1-5,10-11H2. The molecule has 1 aliphatic carbocycles. The van der Waals surface area contributed by atoms with Crippen LogP contribution in [0.15, 0.2) is 34.0 Å². The van der Waals surface area contributed by atoms with Crippen LogP contribution >= 0.6 is 11.8 Å². The van der Waals surface area contributed by atoms with E-state index in [1.807, 2.05) is 34.7 Å². The van der Waals surface area contributed by atoms with Crippen LogP contribution in [0.3, 0.4) is 0 Å². The molecule has 0 saturated heterocycles. The molecule has 0 radical (unpaired) electrons. The molecule has 1 fully saturated rings. The second-order valence-electron chi connectivity index (χ2n) is 5.16. The Morgan fingerprint density at radius 2 is 2.15 bits per heavy atom. The van der Waals surface area contributed by atoms with Gasteiger partial charge in [0.2, 0.25) is 0 Å². The number of aromatic nitrogens is 2. The van der Waals surface area contributed by atoms with Crippen molar-refractivity contribution in [2.24, 2.45) is 0 Å². The number of furan rings is 1. The van der Waals surface area contributed by atoms with Crippen LogP contribution in [0.2, 0.25) is 0 Å². The fourth-order valence-electron chi connectivity index (χ4n) is 2.67. The normalized spacial score (nSPS) is 16.6. The first kappa shape index (κ1) is 13.8. The zero-order chi connectivity index (χ0) is 13.8. The van der Waals surface area contributed by atoms with Gasteiger partial charge in [-0.2, -0.15) is 0 Å². The number of hydrogen-bond acceptors (Lipinski definition) is 4. The highest BCUT2D eigenvalue weighted by Gasteiger charge is 2.17. The predicted octanol–water partition coefficient (Wildman–Crippen LogP) is 3.56. The van der Waals surface area contributed by atoms with Crippen molar-refractivity contribution >= 4 is 11.8 Å². The fourth-order valence-corrected chi connectivity index (χ4v) is 3.86. The lowest BCUT2D eigenvalue weighted by Gasteiger charge is -2.19. The third-order valence-electron chi connectivity index (χ3n) is 3.69. The summed E-state index contributed by atoms with van der Waals surface area (Å²) in [6.45, 7) is 0.648. The molecule has 0 atom stereocenters. The van der Waals surface area contributed by atoms with E-state index in [2.05, 4.69) is 4.98 Å². The van der Waals surface area contributed by atoms with Crippen molar-refractivity contribution in [2.45, 2.75) is 49.0 Å². The molecule has 20 heavy (non-hydrogen) atoms. The van der Waals surface area contributed by atoms with Gasteiger partial charge in [0.05, 0.1) is 6.61 Å². The van der Waals surface area contributed by atoms with Crippen LogP contribution in [0, 0.1) is 0 Å². The average molecular weight is 292 g/mol. The molecular weight excluding hydrogens is 272 g/mol. The lowest BCUT2D eigenvalue weighted by molar-refractivity contribution is 0.276. The maximum Gasteiger partial charge on any atom is 0.176 e. The van der Waals surface area contributed by atoms with Crippen molar-refractivity contribution in [1.29, 1.82) is 0 Å². The number of aliphatic hydroxyl groups is 1. The molecule has 0 aromatic carbocycles. The maximum atomic E-state index is 9.05. The first-order valence-corrected chi connectivity index (χ1v) is 8.13. The smallest absolute Gasteiger partial charge is 0.176 e. The van der Waals surface area contributed by atoms with E-state index in [1.54, 1.807) is 6.20 Å². The summed E-state index contributed by atoms with van der Waals surface area (Å²) in [5.74, 6) is 1.57. The zero-order valence-corrected chi connectivity index (χ0v) is 12.3. The summed E-state index contributed by atoms with van der Waals surface area (Å²) in [6, 6.07) is 4.01. The second-order valence-corrected chi connectivity index (χ2v) is 6.47. The number of imidazole rings is 1. The lowest BCUT2D eigenvalue weighted by atomic mass is 10.0. The number of nitrogens with zero attached hydrogens (tertiary/aromatic N) is 2. The predicted molar refractivity (Wildman–Crippen MR) is 79.7 cm³/mol. The molecule has 0 aliphatic heterocycles. The van der Waals surface area contributed by atoms with Gasteiger partial charge in [-0.3, -0.25) is 0 Å². The molecule has 0 amide bonds. The van der Waals surface area contributed by atoms with E-state index in [0.717, 1.165) is 16.7 Å². The van der Waals surface area contributed by atoms with Gasteiger partial charge in [-0.15, -0.1) is 0 Å². The summed E-state index contributed by atoms with van der Waals surface area (Å²) in [6.07, 6.45) is 10.2. The summed E-state index contributed by atoms with van der Waals surface area (Å²) in [7, 11) is 0. The summed E-state index contributed by atoms with van der Waals surface area (Å²) in [4.78, 5) is 4.31. The Hall–Kier alpha value is -1.20. The lowest BCUT2D eigenvalue weighted by Crippen LogP contribution is -2.07. The van der Waals surface area contributed by atoms with E-state index in [4.69, 9.17) is 9.52 Å². The largest absolute Gasteiger partial charge is 0.447 e. The highest BCUT2D eigenvalue weighted by Crippen LogP contribution is 2.35. The first-order valence-electron chi connectivity index (χ1n) is 7.25. The minimum absolute atomic E-state index is 0.105. The summed E-state index contributed by atoms with van der Waals surface area (Å²) < 4.78 is 7.83. The molecule has 0 spiro atoms. The highest BCUT2D eigenvalue weighted by molar-refractivity contribution is 7.99. The topological polar surface area (TPSA) is 51.2 Å². The van der Waals surface area contributed by atoms with E-state index in [-0.39, 0.29) is 6.61 Å². The van der Waals surface area contributed by atoms with E-state index < -0.39 is 0 Å². The maximum absolute atomic E-state index is 9.05. The Balaban J connectivity index is 1.70. The molecule has 0 unspecified atom stereocenters. The molecule has 2 aromatic heterocycles. The van der Waals surface area contributed by atoms with Gasteiger partial charge >= 0.3 is 0 Å². The molecule has 0 bridgehead atoms. The second kappa shape index (κ2) is 6.50. The minimum Gasteiger partial charge on any atom is -0.447 e. The minimum atomic E-state index is 0.105. The molecular formula is C15H20N2O2S. The molecule has 108 valence electrons. The third kappa shape index (κ3) is 3.10. The van der Waals surface area contributed by atoms with Gasteiger partial charge in [-0.05, 0) is 25.0 Å². The average Bonchev–Trinajstić information content (AvgIpc) is 3.09. The summed E-state index contributed by atoms with van der Waals surface area (Å²) >= 11 is 1.85. The Kier molecular flexibility index (Phi) is 4.47. The van der Waals surface area contributed by atoms with Crippen molar-refractivity contribution in [3.05, 3.63) is 24.5 Å². The van der Waals surface area contributed by atoms with Crippen LogP contribution in [0.5, 0.6) is 0 Å². The van der Waals surface area contributed by atoms with Crippen molar-refractivity contribution < 1.29 is 9.52 Å². The molecule has 2 heterocycles. The van der Waals surface area contributed by atoms with Gasteiger partial charge in [-0.25, -0.2) is 4.98 Å². The van der Waals surface area contributed by atoms with E-state index >= 15 is 0 Å². The first-order chi connectivity index (χ1) is 9.86. The van der Waals surface area contributed by atoms with Crippen LogP contribution in [0.25, 0.3) is 11.6 Å². The molecule has 1 aliphatic rings. The molecule has 3 rings (SSSR count). The van der Waals surface area contributed by atoms with E-state index in [9.17, 15) is 0 Å². The highest BCUT2D eigenvalue weighted by atomic mass is 32.2. The van der Waals surface area contributed by atoms with Gasteiger partial charge in [0.25, 0.3) is 0 Å². The molecule has 4 nitrogen and oxygen atoms in total. The summed E-state index contributed by atoms with van der Waals surface area (Å²) in [5.41, 5.74) is 0. The van der Waals surface area contributed by atoms with E-state index in [1.165, 1.54) is 32.1 Å². The number of aliphatic hydroxyl groups excluding tert-OH is 1. The molecule has 1 saturated carbocycles. The molecule has 1 N–H and O–H groups in total. The van der Waals surface area contributed by atoms with Crippen LogP contribution in [-0.4, -0.2) is 26.5 Å². The van der Waals surface area contributed by atoms with Crippen molar-refractivity contribution in [3.8, 4) is 11.6 Å². The van der Waals surface area contributed by atoms with Crippen LogP contribution in [0.1, 0.15) is 32.1 Å². The van der Waals surface area contributed by atoms with Gasteiger partial charge in [0.1, 0.15) is 0 Å². The Morgan fingerprint density at radius 1 is 1.30 bits per heavy atom. The number of thioether (sulfide) groups is 1. The number of hydrogen-bond donors (Lipinski definition) is 1. The summed E-state index contributed by atoms with van der Waals surface area (Å²) in [5, 5.41) is 10.7. The Bertz CT molecular complexity index is 544. The van der Waals surface area contributed by atoms with Gasteiger partial charge in [0.15, 0.2) is 16.7 Å². The van der Waals surface area contributed by atoms with Crippen LogP contribution < -0.4 is 0 Å². The molecule has 5 heteroatoms. The Morgan fingerprint density at radius 3 is 2.95 bits per heavy atom. The van der Waals surface area contributed by atoms with Gasteiger partial charge in [-0.1, -0.05) is 31.0 Å². The van der Waals surface area contributed by atoms with Gasteiger partial charge in [0, 0.05) is 24.2 Å². The van der Waals surface area contributed by atoms with Crippen LogP contribution in [-0.2, 0) is 6.54 Å². The third-order valence-corrected chi connectivity index (χ3v) is 4.95. The molecule has 2 aromatic rings. The van der Waals surface area contributed by atoms with Crippen molar-refractivity contribution in [2.75, 3.05) is 6.61 Å². The fraction of sp³-hybridized carbons (Fsp3) is 0.533. The van der Waals surface area contributed by atoms with Crippen molar-refractivity contribution in [1.82, 2.24) is 9.55 Å². The Labute approximate surface area is 123 Å².